The molecule has 0 aromatic heterocycles. The zero-order valence-corrected chi connectivity index (χ0v) is 9.88. The first-order chi connectivity index (χ1) is 7.66. The Bertz CT molecular complexity index is 393. The summed E-state index contributed by atoms with van der Waals surface area (Å²) in [6.07, 6.45) is -9.38. The molecule has 0 saturated heterocycles. The minimum absolute atomic E-state index is 0.112. The van der Waals surface area contributed by atoms with E-state index in [1.54, 1.807) is 0 Å². The van der Waals surface area contributed by atoms with E-state index < -0.39 is 23.5 Å². The van der Waals surface area contributed by atoms with E-state index in [-0.39, 0.29) is 17.3 Å². The molecule has 0 bridgehead atoms. The van der Waals surface area contributed by atoms with Crippen LogP contribution in [0.1, 0.15) is 16.7 Å². The molecule has 0 unspecified atom stereocenters. The van der Waals surface area contributed by atoms with E-state index in [4.69, 9.17) is 0 Å². The van der Waals surface area contributed by atoms with Crippen LogP contribution in [0.5, 0.6) is 0 Å². The quantitative estimate of drug-likeness (QED) is 0.549. The van der Waals surface area contributed by atoms with Gasteiger partial charge in [0.1, 0.15) is 0 Å². The van der Waals surface area contributed by atoms with Crippen LogP contribution in [0.15, 0.2) is 18.2 Å². The summed E-state index contributed by atoms with van der Waals surface area (Å²) >= 11 is 2.91. The number of hydrogen-bond donors (Lipinski definition) is 0. The van der Waals surface area contributed by atoms with Crippen molar-refractivity contribution in [3.05, 3.63) is 34.9 Å². The maximum absolute atomic E-state index is 12.5. The fraction of sp³-hybridized carbons (Fsp3) is 0.400. The van der Waals surface area contributed by atoms with E-state index in [0.717, 1.165) is 0 Å². The first-order valence-electron chi connectivity index (χ1n) is 4.49. The van der Waals surface area contributed by atoms with Gasteiger partial charge in [-0.3, -0.25) is 0 Å². The van der Waals surface area contributed by atoms with Crippen molar-refractivity contribution in [1.82, 2.24) is 0 Å². The van der Waals surface area contributed by atoms with Crippen LogP contribution < -0.4 is 0 Å². The summed E-state index contributed by atoms with van der Waals surface area (Å²) in [6.45, 7) is 0. The van der Waals surface area contributed by atoms with Crippen LogP contribution in [0.3, 0.4) is 0 Å². The Morgan fingerprint density at radius 3 is 1.94 bits per heavy atom. The number of rotatable bonds is 2. The van der Waals surface area contributed by atoms with Gasteiger partial charge in [0.15, 0.2) is 0 Å². The lowest BCUT2D eigenvalue weighted by atomic mass is 10.0. The van der Waals surface area contributed by atoms with Crippen LogP contribution in [0.2, 0.25) is 0 Å². The molecule has 0 radical (unpaired) electrons. The molecular weight excluding hydrogens is 314 g/mol. The third-order valence-electron chi connectivity index (χ3n) is 2.10. The highest BCUT2D eigenvalue weighted by Gasteiger charge is 2.36. The predicted molar refractivity (Wildman–Crippen MR) is 53.9 cm³/mol. The second-order valence-electron chi connectivity index (χ2n) is 3.31. The van der Waals surface area contributed by atoms with Gasteiger partial charge in [0.05, 0.1) is 11.1 Å². The zero-order valence-electron chi connectivity index (χ0n) is 8.29. The van der Waals surface area contributed by atoms with E-state index in [1.807, 2.05) is 0 Å². The van der Waals surface area contributed by atoms with E-state index in [9.17, 15) is 26.3 Å². The van der Waals surface area contributed by atoms with Crippen molar-refractivity contribution >= 4 is 15.9 Å². The Labute approximate surface area is 102 Å². The van der Waals surface area contributed by atoms with E-state index >= 15 is 0 Å². The van der Waals surface area contributed by atoms with Gasteiger partial charge >= 0.3 is 12.4 Å². The van der Waals surface area contributed by atoms with Crippen LogP contribution in [0.4, 0.5) is 26.3 Å². The van der Waals surface area contributed by atoms with Crippen LogP contribution in [0.25, 0.3) is 0 Å². The molecular formula is C10H7BrF6. The van der Waals surface area contributed by atoms with Crippen LogP contribution in [-0.2, 0) is 18.8 Å². The van der Waals surface area contributed by atoms with Crippen molar-refractivity contribution in [3.8, 4) is 0 Å². The van der Waals surface area contributed by atoms with E-state index in [1.165, 1.54) is 0 Å². The minimum Gasteiger partial charge on any atom is -0.166 e. The van der Waals surface area contributed by atoms with Gasteiger partial charge in [-0.1, -0.05) is 15.9 Å². The fourth-order valence-corrected chi connectivity index (χ4v) is 1.78. The molecule has 96 valence electrons. The Morgan fingerprint density at radius 1 is 0.941 bits per heavy atom. The topological polar surface area (TPSA) is 0 Å². The summed E-state index contributed by atoms with van der Waals surface area (Å²) in [4.78, 5) is 0. The van der Waals surface area contributed by atoms with Crippen molar-refractivity contribution in [2.75, 3.05) is 5.33 Å². The lowest BCUT2D eigenvalue weighted by Gasteiger charge is -2.15. The molecule has 0 fully saturated rings. The second-order valence-corrected chi connectivity index (χ2v) is 4.10. The van der Waals surface area contributed by atoms with Crippen LogP contribution in [0, 0.1) is 0 Å². The van der Waals surface area contributed by atoms with Gasteiger partial charge in [0.25, 0.3) is 0 Å². The summed E-state index contributed by atoms with van der Waals surface area (Å²) in [7, 11) is 0. The Morgan fingerprint density at radius 2 is 1.53 bits per heavy atom. The van der Waals surface area contributed by atoms with Gasteiger partial charge in [-0.25, -0.2) is 0 Å². The molecule has 1 rings (SSSR count). The SMILES string of the molecule is FC(F)(F)c1ccc(C(F)(F)F)c(CCBr)c1. The van der Waals surface area contributed by atoms with Gasteiger partial charge in [0.2, 0.25) is 0 Å². The number of hydrogen-bond acceptors (Lipinski definition) is 0. The van der Waals surface area contributed by atoms with Crippen molar-refractivity contribution in [1.29, 1.82) is 0 Å². The third kappa shape index (κ3) is 3.62. The normalized spacial score (nSPS) is 12.9. The predicted octanol–water partition coefficient (Wildman–Crippen LogP) is 4.66. The molecule has 0 N–H and O–H groups in total. The summed E-state index contributed by atoms with van der Waals surface area (Å²) in [5, 5.41) is 0.164. The highest BCUT2D eigenvalue weighted by Crippen LogP contribution is 2.36. The standard InChI is InChI=1S/C10H7BrF6/c11-4-3-6-5-7(9(12,13)14)1-2-8(6)10(15,16)17/h1-2,5H,3-4H2. The zero-order chi connectivity index (χ0) is 13.3. The molecule has 1 aromatic rings. The molecule has 7 heteroatoms. The monoisotopic (exact) mass is 320 g/mol. The smallest absolute Gasteiger partial charge is 0.166 e. The molecule has 0 saturated carbocycles. The maximum Gasteiger partial charge on any atom is 0.416 e. The van der Waals surface area contributed by atoms with Crippen LogP contribution >= 0.6 is 15.9 Å². The van der Waals surface area contributed by atoms with Crippen molar-refractivity contribution in [2.24, 2.45) is 0 Å². The molecule has 0 aliphatic carbocycles. The van der Waals surface area contributed by atoms with Crippen molar-refractivity contribution < 1.29 is 26.3 Å². The fourth-order valence-electron chi connectivity index (χ4n) is 1.36. The minimum atomic E-state index is -4.64. The third-order valence-corrected chi connectivity index (χ3v) is 2.50. The molecule has 1 aromatic carbocycles. The maximum atomic E-state index is 12.5. The average molecular weight is 321 g/mol. The van der Waals surface area contributed by atoms with Crippen molar-refractivity contribution in [2.45, 2.75) is 18.8 Å². The van der Waals surface area contributed by atoms with Gasteiger partial charge < -0.3 is 0 Å². The van der Waals surface area contributed by atoms with Gasteiger partial charge in [0, 0.05) is 5.33 Å². The Kier molecular flexibility index (Phi) is 4.11. The second kappa shape index (κ2) is 4.88. The first-order valence-corrected chi connectivity index (χ1v) is 5.61. The van der Waals surface area contributed by atoms with Crippen LogP contribution in [-0.4, -0.2) is 5.33 Å². The summed E-state index contributed by atoms with van der Waals surface area (Å²) in [6, 6.07) is 1.46. The summed E-state index contributed by atoms with van der Waals surface area (Å²) in [5.74, 6) is 0. The molecule has 0 nitrogen and oxygen atoms in total. The molecule has 0 spiro atoms. The van der Waals surface area contributed by atoms with Crippen molar-refractivity contribution in [3.63, 3.8) is 0 Å². The lowest BCUT2D eigenvalue weighted by Crippen LogP contribution is -2.13. The van der Waals surface area contributed by atoms with Gasteiger partial charge in [-0.05, 0) is 30.2 Å². The number of benzene rings is 1. The average Bonchev–Trinajstić information content (AvgIpc) is 2.15. The van der Waals surface area contributed by atoms with E-state index in [2.05, 4.69) is 15.9 Å². The number of alkyl halides is 7. The highest BCUT2D eigenvalue weighted by atomic mass is 79.9. The van der Waals surface area contributed by atoms with Gasteiger partial charge in [-0.2, -0.15) is 26.3 Å². The molecule has 0 heterocycles. The highest BCUT2D eigenvalue weighted by molar-refractivity contribution is 9.09. The molecule has 0 aliphatic rings. The lowest BCUT2D eigenvalue weighted by molar-refractivity contribution is -0.141. The largest absolute Gasteiger partial charge is 0.416 e. The number of halogens is 7. The van der Waals surface area contributed by atoms with Gasteiger partial charge in [-0.15, -0.1) is 0 Å². The van der Waals surface area contributed by atoms with E-state index in [0.29, 0.717) is 18.2 Å². The molecule has 17 heavy (non-hydrogen) atoms. The molecule has 0 amide bonds. The molecule has 0 atom stereocenters. The number of aryl methyl sites for hydroxylation is 1. The molecule has 0 aliphatic heterocycles. The Balaban J connectivity index is 3.27. The Hall–Kier alpha value is -0.720. The summed E-state index contributed by atoms with van der Waals surface area (Å²) in [5.41, 5.74) is -2.45. The first kappa shape index (κ1) is 14.3. The summed E-state index contributed by atoms with van der Waals surface area (Å²) < 4.78 is 74.5.